The van der Waals surface area contributed by atoms with Crippen molar-refractivity contribution < 1.29 is 28.4 Å². The number of rotatable bonds is 7. The summed E-state index contributed by atoms with van der Waals surface area (Å²) < 4.78 is 17.9. The molecule has 61 heavy (non-hydrogen) atoms. The molecule has 5 atom stereocenters. The molecule has 10 rings (SSSR count). The van der Waals surface area contributed by atoms with E-state index in [9.17, 15) is 24.0 Å². The van der Waals surface area contributed by atoms with E-state index in [1.807, 2.05) is 41.0 Å². The molecule has 0 spiro atoms. The smallest absolute Gasteiger partial charge is 0.262 e. The number of carbonyl (C=O) groups excluding carboxylic acids is 5. The van der Waals surface area contributed by atoms with E-state index < -0.39 is 35.5 Å². The van der Waals surface area contributed by atoms with Crippen LogP contribution in [0.15, 0.2) is 36.4 Å². The third-order valence-electron chi connectivity index (χ3n) is 13.9. The molecule has 0 aliphatic carbocycles. The van der Waals surface area contributed by atoms with Gasteiger partial charge in [0.05, 0.1) is 28.9 Å². The summed E-state index contributed by atoms with van der Waals surface area (Å²) in [6, 6.07) is 9.25. The number of likely N-dealkylation sites (tertiary alicyclic amines) is 1. The van der Waals surface area contributed by atoms with E-state index in [-0.39, 0.29) is 66.2 Å². The molecule has 2 aromatic carbocycles. The van der Waals surface area contributed by atoms with Gasteiger partial charge in [-0.25, -0.2) is 4.39 Å². The summed E-state index contributed by atoms with van der Waals surface area (Å²) in [7, 11) is 0. The summed E-state index contributed by atoms with van der Waals surface area (Å²) in [4.78, 5) is 73.8. The Morgan fingerprint density at radius 3 is 2.30 bits per heavy atom. The minimum absolute atomic E-state index is 0.0146. The van der Waals surface area contributed by atoms with Gasteiger partial charge in [-0.1, -0.05) is 23.7 Å². The fourth-order valence-corrected chi connectivity index (χ4v) is 12.0. The quantitative estimate of drug-likeness (QED) is 0.238. The van der Waals surface area contributed by atoms with E-state index in [0.717, 1.165) is 65.4 Å². The van der Waals surface area contributed by atoms with Crippen LogP contribution in [-0.4, -0.2) is 110 Å². The number of anilines is 1. The van der Waals surface area contributed by atoms with Gasteiger partial charge in [0.2, 0.25) is 17.7 Å². The lowest BCUT2D eigenvalue weighted by Crippen LogP contribution is -2.55. The predicted octanol–water partition coefficient (Wildman–Crippen LogP) is 5.16. The highest BCUT2D eigenvalue weighted by atomic mass is 35.5. The number of aryl methyl sites for hydroxylation is 2. The minimum atomic E-state index is -1.11. The highest BCUT2D eigenvalue weighted by molar-refractivity contribution is 7.14. The van der Waals surface area contributed by atoms with Crippen LogP contribution in [0.25, 0.3) is 5.00 Å². The molecule has 17 heteroatoms. The second-order valence-corrected chi connectivity index (χ2v) is 19.1. The van der Waals surface area contributed by atoms with Crippen LogP contribution in [0.1, 0.15) is 111 Å². The van der Waals surface area contributed by atoms with Crippen molar-refractivity contribution in [1.82, 2.24) is 40.1 Å². The summed E-state index contributed by atoms with van der Waals surface area (Å²) in [5.74, 6) is -1.07. The van der Waals surface area contributed by atoms with Crippen LogP contribution in [0.4, 0.5) is 10.1 Å². The van der Waals surface area contributed by atoms with Gasteiger partial charge < -0.3 is 9.80 Å². The lowest BCUT2D eigenvalue weighted by molar-refractivity contribution is -0.136. The Hall–Kier alpha value is -5.03. The molecule has 2 N–H and O–H groups in total. The maximum absolute atomic E-state index is 15.8. The maximum Gasteiger partial charge on any atom is 0.262 e. The first kappa shape index (κ1) is 40.1. The number of hydrogen-bond acceptors (Lipinski definition) is 11. The van der Waals surface area contributed by atoms with Crippen LogP contribution >= 0.6 is 22.9 Å². The molecule has 4 aromatic rings. The maximum atomic E-state index is 15.8. The first-order valence-electron chi connectivity index (χ1n) is 21.2. The molecule has 2 bridgehead atoms. The number of piperazine rings is 1. The number of nitrogens with zero attached hydrogens (tertiary/aromatic N) is 7. The Balaban J connectivity index is 0.785. The molecular formula is C44H47ClFN9O5S. The van der Waals surface area contributed by atoms with E-state index in [1.165, 1.54) is 22.1 Å². The van der Waals surface area contributed by atoms with Crippen molar-refractivity contribution >= 4 is 58.2 Å². The van der Waals surface area contributed by atoms with Crippen molar-refractivity contribution in [2.75, 3.05) is 37.6 Å². The number of thiophene rings is 1. The van der Waals surface area contributed by atoms with Crippen molar-refractivity contribution in [2.24, 2.45) is 5.92 Å². The summed E-state index contributed by atoms with van der Waals surface area (Å²) in [5.41, 5.74) is 3.75. The zero-order chi connectivity index (χ0) is 42.4. The molecule has 4 unspecified atom stereocenters. The fourth-order valence-electron chi connectivity index (χ4n) is 10.6. The van der Waals surface area contributed by atoms with Gasteiger partial charge in [0.25, 0.3) is 11.8 Å². The number of aromatic nitrogens is 3. The third-order valence-corrected chi connectivity index (χ3v) is 15.4. The van der Waals surface area contributed by atoms with Gasteiger partial charge in [-0.2, -0.15) is 0 Å². The average Bonchev–Trinajstić information content (AvgIpc) is 3.87. The van der Waals surface area contributed by atoms with Crippen molar-refractivity contribution in [2.45, 2.75) is 95.9 Å². The zero-order valence-electron chi connectivity index (χ0n) is 34.2. The van der Waals surface area contributed by atoms with Crippen LogP contribution in [0.2, 0.25) is 5.02 Å². The Labute approximate surface area is 361 Å². The summed E-state index contributed by atoms with van der Waals surface area (Å²) in [6.45, 7) is 9.67. The Morgan fingerprint density at radius 2 is 1.61 bits per heavy atom. The van der Waals surface area contributed by atoms with Gasteiger partial charge in [-0.3, -0.25) is 49.0 Å². The molecule has 4 saturated heterocycles. The molecule has 14 nitrogen and oxygen atoms in total. The molecule has 6 aliphatic rings. The monoisotopic (exact) mass is 867 g/mol. The van der Waals surface area contributed by atoms with E-state index in [1.54, 1.807) is 11.3 Å². The fraction of sp³-hybridized carbons (Fsp3) is 0.477. The second kappa shape index (κ2) is 15.4. The molecule has 0 saturated carbocycles. The molecule has 0 radical (unpaired) electrons. The Bertz CT molecular complexity index is 2490. The van der Waals surface area contributed by atoms with Gasteiger partial charge in [-0.05, 0) is 94.2 Å². The van der Waals surface area contributed by atoms with E-state index in [0.29, 0.717) is 37.1 Å². The van der Waals surface area contributed by atoms with Crippen molar-refractivity contribution in [3.05, 3.63) is 91.6 Å². The summed E-state index contributed by atoms with van der Waals surface area (Å²) >= 11 is 8.03. The number of imide groups is 2. The van der Waals surface area contributed by atoms with Crippen LogP contribution in [0.5, 0.6) is 0 Å². The molecule has 5 amide bonds. The standard InChI is InChI=1S/C44H47ClFN9O5S/c1-22-23(2)61-44-38(22)39(26-4-6-27(45)7-5-26)47-33(40-50-49-24(3)54(40)44)18-37(57)51-14-12-25(13-15-51)19-53-28-8-9-29(53)21-52(20-28)35-17-31-30(16-32(35)46)42(59)55(43(31)60)34-10-11-36(56)48-41(34)58/h4-7,16-17,25,28-29,33-34,39,47H,8-15,18-21H2,1-3H3,(H,48,56,58)/t28?,29?,33?,34?,39-/m0/s1. The first-order valence-corrected chi connectivity index (χ1v) is 22.4. The third kappa shape index (κ3) is 6.86. The number of fused-ring (bicyclic) bond motifs is 6. The van der Waals surface area contributed by atoms with Crippen molar-refractivity contribution in [1.29, 1.82) is 0 Å². The van der Waals surface area contributed by atoms with Crippen LogP contribution < -0.4 is 15.5 Å². The number of nitrogens with one attached hydrogen (secondary N) is 2. The highest BCUT2D eigenvalue weighted by Gasteiger charge is 2.47. The van der Waals surface area contributed by atoms with E-state index >= 15 is 4.39 Å². The van der Waals surface area contributed by atoms with Crippen LogP contribution in [0.3, 0.4) is 0 Å². The lowest BCUT2D eigenvalue weighted by Gasteiger charge is -2.44. The largest absolute Gasteiger partial charge is 0.366 e. The number of carbonyl (C=O) groups is 5. The van der Waals surface area contributed by atoms with Gasteiger partial charge in [0.1, 0.15) is 22.7 Å². The average molecular weight is 868 g/mol. The van der Waals surface area contributed by atoms with E-state index in [2.05, 4.69) is 44.1 Å². The number of amides is 5. The first-order chi connectivity index (χ1) is 29.3. The predicted molar refractivity (Wildman–Crippen MR) is 225 cm³/mol. The minimum Gasteiger partial charge on any atom is -0.366 e. The van der Waals surface area contributed by atoms with Gasteiger partial charge in [0, 0.05) is 73.1 Å². The number of hydrogen-bond donors (Lipinski definition) is 2. The number of halogens is 2. The van der Waals surface area contributed by atoms with Crippen LogP contribution in [-0.2, 0) is 14.4 Å². The van der Waals surface area contributed by atoms with E-state index in [4.69, 9.17) is 11.6 Å². The molecule has 8 heterocycles. The number of piperidine rings is 2. The normalized spacial score (nSPS) is 25.5. The van der Waals surface area contributed by atoms with Gasteiger partial charge >= 0.3 is 0 Å². The summed E-state index contributed by atoms with van der Waals surface area (Å²) in [5, 5.41) is 16.9. The SMILES string of the molecule is Cc1sc2c(c1C)[C@H](c1ccc(Cl)cc1)NC(CC(=O)N1CCC(CN3C4CCC3CN(c3cc5c(cc3F)C(=O)N(C3CCC(=O)NC3=O)C5=O)C4)CC1)c1nnc(C)n1-2. The highest BCUT2D eigenvalue weighted by Crippen LogP contribution is 2.44. The summed E-state index contributed by atoms with van der Waals surface area (Å²) in [6.07, 6.45) is 4.04. The number of benzene rings is 2. The topological polar surface area (TPSA) is 153 Å². The molecule has 2 aromatic heterocycles. The Morgan fingerprint density at radius 1 is 0.918 bits per heavy atom. The van der Waals surface area contributed by atoms with Gasteiger partial charge in [0.15, 0.2) is 5.82 Å². The van der Waals surface area contributed by atoms with Crippen molar-refractivity contribution in [3.8, 4) is 5.00 Å². The van der Waals surface area contributed by atoms with Crippen LogP contribution in [0, 0.1) is 32.5 Å². The molecular weight excluding hydrogens is 821 g/mol. The van der Waals surface area contributed by atoms with Crippen molar-refractivity contribution in [3.63, 3.8) is 0 Å². The zero-order valence-corrected chi connectivity index (χ0v) is 35.8. The molecule has 6 aliphatic heterocycles. The molecule has 318 valence electrons. The van der Waals surface area contributed by atoms with Gasteiger partial charge in [-0.15, -0.1) is 21.5 Å². The Kier molecular flexibility index (Phi) is 10.1. The second-order valence-electron chi connectivity index (χ2n) is 17.5. The lowest BCUT2D eigenvalue weighted by atomic mass is 9.94. The molecule has 4 fully saturated rings.